The van der Waals surface area contributed by atoms with Crippen molar-refractivity contribution in [3.8, 4) is 0 Å². The molecule has 0 unspecified atom stereocenters. The zero-order valence-electron chi connectivity index (χ0n) is 11.1. The summed E-state index contributed by atoms with van der Waals surface area (Å²) in [5, 5.41) is 7.75. The summed E-state index contributed by atoms with van der Waals surface area (Å²) in [6, 6.07) is 8.89. The molecule has 4 nitrogen and oxygen atoms in total. The van der Waals surface area contributed by atoms with Gasteiger partial charge in [0.15, 0.2) is 0 Å². The van der Waals surface area contributed by atoms with Crippen LogP contribution in [0.2, 0.25) is 5.02 Å². The number of hydrogen-bond donors (Lipinski definition) is 1. The van der Waals surface area contributed by atoms with Gasteiger partial charge in [0.05, 0.1) is 5.69 Å². The maximum Gasteiger partial charge on any atom is 0.256 e. The molecule has 2 rings (SSSR count). The highest BCUT2D eigenvalue weighted by Gasteiger charge is 2.12. The lowest BCUT2D eigenvalue weighted by atomic mass is 10.2. The van der Waals surface area contributed by atoms with E-state index in [2.05, 4.69) is 10.4 Å². The first-order chi connectivity index (χ1) is 8.97. The van der Waals surface area contributed by atoms with E-state index >= 15 is 0 Å². The van der Waals surface area contributed by atoms with Gasteiger partial charge in [-0.3, -0.25) is 4.79 Å². The largest absolute Gasteiger partial charge is 0.307 e. The van der Waals surface area contributed by atoms with E-state index in [0.717, 1.165) is 5.69 Å². The van der Waals surface area contributed by atoms with Crippen LogP contribution in [0.5, 0.6) is 0 Å². The first kappa shape index (κ1) is 13.6. The highest BCUT2D eigenvalue weighted by molar-refractivity contribution is 6.31. The van der Waals surface area contributed by atoms with Crippen LogP contribution in [0.3, 0.4) is 0 Å². The molecule has 0 aliphatic carbocycles. The van der Waals surface area contributed by atoms with Crippen LogP contribution in [-0.2, 0) is 0 Å². The lowest BCUT2D eigenvalue weighted by Gasteiger charge is -2.11. The van der Waals surface area contributed by atoms with Gasteiger partial charge in [-0.05, 0) is 39.0 Å². The van der Waals surface area contributed by atoms with E-state index in [9.17, 15) is 4.79 Å². The first-order valence-electron chi connectivity index (χ1n) is 6.10. The van der Waals surface area contributed by atoms with Gasteiger partial charge in [-0.15, -0.1) is 0 Å². The molecule has 1 amide bonds. The first-order valence-corrected chi connectivity index (χ1v) is 6.48. The van der Waals surface area contributed by atoms with Crippen LogP contribution < -0.4 is 5.32 Å². The number of rotatable bonds is 3. The fourth-order valence-electron chi connectivity index (χ4n) is 1.82. The highest BCUT2D eigenvalue weighted by Crippen LogP contribution is 2.18. The summed E-state index contributed by atoms with van der Waals surface area (Å²) in [5.74, 6) is 0.502. The van der Waals surface area contributed by atoms with Crippen molar-refractivity contribution in [2.24, 2.45) is 0 Å². The smallest absolute Gasteiger partial charge is 0.256 e. The van der Waals surface area contributed by atoms with Gasteiger partial charge in [-0.2, -0.15) is 5.10 Å². The van der Waals surface area contributed by atoms with Crippen molar-refractivity contribution < 1.29 is 4.79 Å². The number of hydrogen-bond acceptors (Lipinski definition) is 2. The number of aryl methyl sites for hydroxylation is 1. The number of anilines is 1. The third kappa shape index (κ3) is 3.15. The minimum absolute atomic E-state index is 0.184. The van der Waals surface area contributed by atoms with Gasteiger partial charge in [0, 0.05) is 22.7 Å². The number of amides is 1. The second kappa shape index (κ2) is 5.45. The Kier molecular flexibility index (Phi) is 3.90. The van der Waals surface area contributed by atoms with Crippen LogP contribution >= 0.6 is 11.6 Å². The molecule has 0 saturated carbocycles. The van der Waals surface area contributed by atoms with Crippen LogP contribution in [0.15, 0.2) is 30.3 Å². The van der Waals surface area contributed by atoms with Gasteiger partial charge in [-0.1, -0.05) is 17.7 Å². The lowest BCUT2D eigenvalue weighted by Crippen LogP contribution is -2.16. The molecule has 0 radical (unpaired) electrons. The Bertz CT molecular complexity index is 604. The van der Waals surface area contributed by atoms with E-state index in [1.807, 2.05) is 26.8 Å². The van der Waals surface area contributed by atoms with E-state index in [1.54, 1.807) is 28.9 Å². The number of nitrogens with one attached hydrogen (secondary N) is 1. The average Bonchev–Trinajstić information content (AvgIpc) is 2.70. The van der Waals surface area contributed by atoms with E-state index in [0.29, 0.717) is 16.4 Å². The van der Waals surface area contributed by atoms with Gasteiger partial charge in [-0.25, -0.2) is 4.68 Å². The summed E-state index contributed by atoms with van der Waals surface area (Å²) in [6.45, 7) is 5.93. The predicted molar refractivity (Wildman–Crippen MR) is 76.8 cm³/mol. The third-order valence-electron chi connectivity index (χ3n) is 2.68. The van der Waals surface area contributed by atoms with E-state index in [4.69, 9.17) is 11.6 Å². The van der Waals surface area contributed by atoms with Crippen LogP contribution in [0.4, 0.5) is 5.82 Å². The Hall–Kier alpha value is -1.81. The van der Waals surface area contributed by atoms with Crippen molar-refractivity contribution in [2.45, 2.75) is 26.8 Å². The monoisotopic (exact) mass is 277 g/mol. The van der Waals surface area contributed by atoms with E-state index < -0.39 is 0 Å². The molecule has 0 aliphatic rings. The van der Waals surface area contributed by atoms with Gasteiger partial charge in [0.1, 0.15) is 5.82 Å². The molecule has 0 aliphatic heterocycles. The summed E-state index contributed by atoms with van der Waals surface area (Å²) >= 11 is 5.88. The van der Waals surface area contributed by atoms with E-state index in [1.165, 1.54) is 0 Å². The molecule has 1 heterocycles. The van der Waals surface area contributed by atoms with Gasteiger partial charge >= 0.3 is 0 Å². The summed E-state index contributed by atoms with van der Waals surface area (Å²) in [4.78, 5) is 12.1. The minimum Gasteiger partial charge on any atom is -0.307 e. The molecule has 100 valence electrons. The molecule has 0 bridgehead atoms. The highest BCUT2D eigenvalue weighted by atomic mass is 35.5. The predicted octanol–water partition coefficient (Wildman–Crippen LogP) is 3.68. The van der Waals surface area contributed by atoms with Crippen molar-refractivity contribution >= 4 is 23.3 Å². The summed E-state index contributed by atoms with van der Waals surface area (Å²) in [6.07, 6.45) is 0. The van der Waals surface area contributed by atoms with Crippen molar-refractivity contribution in [2.75, 3.05) is 5.32 Å². The van der Waals surface area contributed by atoms with Gasteiger partial charge in [0.25, 0.3) is 5.91 Å². The number of nitrogens with zero attached hydrogens (tertiary/aromatic N) is 2. The lowest BCUT2D eigenvalue weighted by molar-refractivity contribution is 0.102. The van der Waals surface area contributed by atoms with Crippen LogP contribution in [0.25, 0.3) is 0 Å². The quantitative estimate of drug-likeness (QED) is 0.930. The topological polar surface area (TPSA) is 46.9 Å². The van der Waals surface area contributed by atoms with Crippen molar-refractivity contribution in [1.82, 2.24) is 9.78 Å². The molecular weight excluding hydrogens is 262 g/mol. The van der Waals surface area contributed by atoms with E-state index in [-0.39, 0.29) is 11.9 Å². The molecule has 0 saturated heterocycles. The van der Waals surface area contributed by atoms with Gasteiger partial charge < -0.3 is 5.32 Å². The maximum absolute atomic E-state index is 12.1. The normalized spacial score (nSPS) is 10.8. The molecule has 2 aromatic rings. The van der Waals surface area contributed by atoms with Crippen molar-refractivity contribution in [3.63, 3.8) is 0 Å². The van der Waals surface area contributed by atoms with Crippen LogP contribution in [0.1, 0.15) is 35.9 Å². The van der Waals surface area contributed by atoms with Gasteiger partial charge in [0.2, 0.25) is 0 Å². The molecule has 1 aromatic heterocycles. The molecule has 19 heavy (non-hydrogen) atoms. The standard InChI is InChI=1S/C14H16ClN3O/c1-9(2)18-13(7-10(3)17-18)16-14(19)11-5-4-6-12(15)8-11/h4-9H,1-3H3,(H,16,19). The van der Waals surface area contributed by atoms with Crippen molar-refractivity contribution in [3.05, 3.63) is 46.6 Å². The molecule has 5 heteroatoms. The molecule has 0 fully saturated rings. The zero-order valence-corrected chi connectivity index (χ0v) is 11.9. The number of halogens is 1. The average molecular weight is 278 g/mol. The Morgan fingerprint density at radius 3 is 2.74 bits per heavy atom. The zero-order chi connectivity index (χ0) is 14.0. The summed E-state index contributed by atoms with van der Waals surface area (Å²) in [7, 11) is 0. The fourth-order valence-corrected chi connectivity index (χ4v) is 2.01. The third-order valence-corrected chi connectivity index (χ3v) is 2.91. The second-order valence-electron chi connectivity index (χ2n) is 4.67. The molecule has 0 spiro atoms. The Labute approximate surface area is 117 Å². The van der Waals surface area contributed by atoms with Crippen LogP contribution in [-0.4, -0.2) is 15.7 Å². The molecule has 1 aromatic carbocycles. The number of benzene rings is 1. The summed E-state index contributed by atoms with van der Waals surface area (Å²) < 4.78 is 1.79. The Morgan fingerprint density at radius 2 is 2.11 bits per heavy atom. The van der Waals surface area contributed by atoms with Crippen molar-refractivity contribution in [1.29, 1.82) is 0 Å². The molecular formula is C14H16ClN3O. The maximum atomic E-state index is 12.1. The molecule has 0 atom stereocenters. The fraction of sp³-hybridized carbons (Fsp3) is 0.286. The van der Waals surface area contributed by atoms with Crippen LogP contribution in [0, 0.1) is 6.92 Å². The second-order valence-corrected chi connectivity index (χ2v) is 5.11. The SMILES string of the molecule is Cc1cc(NC(=O)c2cccc(Cl)c2)n(C(C)C)n1. The number of aromatic nitrogens is 2. The molecule has 1 N–H and O–H groups in total. The Balaban J connectivity index is 2.24. The Morgan fingerprint density at radius 1 is 1.37 bits per heavy atom. The summed E-state index contributed by atoms with van der Waals surface area (Å²) in [5.41, 5.74) is 1.40. The number of carbonyl (C=O) groups excluding carboxylic acids is 1. The minimum atomic E-state index is -0.190. The number of carbonyl (C=O) groups is 1.